The summed E-state index contributed by atoms with van der Waals surface area (Å²) >= 11 is 0. The van der Waals surface area contributed by atoms with Crippen molar-refractivity contribution in [3.63, 3.8) is 0 Å². The topological polar surface area (TPSA) is 116 Å². The molecule has 3 aromatic rings. The van der Waals surface area contributed by atoms with Gasteiger partial charge in [-0.2, -0.15) is 0 Å². The monoisotopic (exact) mass is 407 g/mol. The molecule has 0 saturated carbocycles. The second-order valence-corrected chi connectivity index (χ2v) is 7.30. The maximum absolute atomic E-state index is 12.8. The van der Waals surface area contributed by atoms with Crippen LogP contribution in [0.2, 0.25) is 0 Å². The van der Waals surface area contributed by atoms with Gasteiger partial charge in [0.15, 0.2) is 17.2 Å². The number of nitrogens with zero attached hydrogens (tertiary/aromatic N) is 3. The van der Waals surface area contributed by atoms with Gasteiger partial charge in [0.05, 0.1) is 17.6 Å². The Morgan fingerprint density at radius 2 is 2.13 bits per heavy atom. The molecule has 1 amide bonds. The number of fused-ring (bicyclic) bond motifs is 1. The van der Waals surface area contributed by atoms with Crippen molar-refractivity contribution in [2.45, 2.75) is 18.9 Å². The van der Waals surface area contributed by atoms with E-state index < -0.39 is 0 Å². The van der Waals surface area contributed by atoms with Gasteiger partial charge in [0.25, 0.3) is 5.91 Å². The first-order chi connectivity index (χ1) is 14.7. The molecule has 1 atom stereocenters. The van der Waals surface area contributed by atoms with Crippen LogP contribution in [0.1, 0.15) is 23.3 Å². The first-order valence-corrected chi connectivity index (χ1v) is 9.79. The molecule has 1 aromatic carbocycles. The zero-order valence-corrected chi connectivity index (χ0v) is 16.2. The number of benzene rings is 1. The van der Waals surface area contributed by atoms with E-state index in [2.05, 4.69) is 20.2 Å². The first-order valence-electron chi connectivity index (χ1n) is 9.79. The molecule has 0 unspecified atom stereocenters. The summed E-state index contributed by atoms with van der Waals surface area (Å²) in [6.45, 7) is 1.82. The number of nitrogens with two attached hydrogens (primary N) is 1. The average Bonchev–Trinajstić information content (AvgIpc) is 3.43. The smallest absolute Gasteiger partial charge is 0.277 e. The van der Waals surface area contributed by atoms with Gasteiger partial charge in [-0.1, -0.05) is 0 Å². The molecule has 0 bridgehead atoms. The summed E-state index contributed by atoms with van der Waals surface area (Å²) in [6, 6.07) is 7.37. The van der Waals surface area contributed by atoms with Gasteiger partial charge >= 0.3 is 0 Å². The lowest BCUT2D eigenvalue weighted by Crippen LogP contribution is -2.43. The molecule has 154 valence electrons. The molecule has 4 heterocycles. The molecule has 1 saturated heterocycles. The summed E-state index contributed by atoms with van der Waals surface area (Å²) in [7, 11) is 0. The highest BCUT2D eigenvalue weighted by Gasteiger charge is 2.22. The van der Waals surface area contributed by atoms with Crippen molar-refractivity contribution in [3.8, 4) is 23.0 Å². The Bertz CT molecular complexity index is 1080. The number of rotatable bonds is 4. The Balaban J connectivity index is 1.34. The molecule has 0 aliphatic carbocycles. The maximum Gasteiger partial charge on any atom is 0.277 e. The molecule has 5 rings (SSSR count). The Hall–Kier alpha value is -3.59. The number of carbonyl (C=O) groups is 1. The molecule has 9 nitrogen and oxygen atoms in total. The number of piperidine rings is 1. The van der Waals surface area contributed by atoms with Crippen LogP contribution in [0.25, 0.3) is 11.5 Å². The molecule has 3 N–H and O–H groups in total. The maximum atomic E-state index is 12.8. The third-order valence-corrected chi connectivity index (χ3v) is 5.20. The Morgan fingerprint density at radius 1 is 1.23 bits per heavy atom. The van der Waals surface area contributed by atoms with E-state index in [1.807, 2.05) is 6.07 Å². The highest BCUT2D eigenvalue weighted by atomic mass is 16.7. The lowest BCUT2D eigenvalue weighted by molar-refractivity contribution is 0.102. The highest BCUT2D eigenvalue weighted by molar-refractivity contribution is 6.04. The van der Waals surface area contributed by atoms with Crippen molar-refractivity contribution >= 4 is 17.3 Å². The zero-order valence-electron chi connectivity index (χ0n) is 16.2. The predicted octanol–water partition coefficient (Wildman–Crippen LogP) is 2.65. The van der Waals surface area contributed by atoms with E-state index in [1.54, 1.807) is 30.6 Å². The second kappa shape index (κ2) is 7.68. The van der Waals surface area contributed by atoms with Crippen LogP contribution in [0.5, 0.6) is 11.5 Å². The fourth-order valence-corrected chi connectivity index (χ4v) is 3.71. The zero-order chi connectivity index (χ0) is 20.5. The minimum Gasteiger partial charge on any atom is -0.454 e. The number of ether oxygens (including phenoxy) is 2. The fraction of sp³-hybridized carbons (Fsp3) is 0.286. The number of hydrogen-bond donors (Lipinski definition) is 2. The van der Waals surface area contributed by atoms with Gasteiger partial charge in [-0.3, -0.25) is 9.78 Å². The number of hydrogen-bond acceptors (Lipinski definition) is 8. The molecule has 30 heavy (non-hydrogen) atoms. The molecular formula is C21H21N5O4. The summed E-state index contributed by atoms with van der Waals surface area (Å²) in [6.07, 6.45) is 6.69. The molecule has 1 fully saturated rings. The Labute approximate surface area is 172 Å². The third-order valence-electron chi connectivity index (χ3n) is 5.20. The van der Waals surface area contributed by atoms with Crippen molar-refractivity contribution in [1.82, 2.24) is 9.97 Å². The average molecular weight is 407 g/mol. The molecule has 9 heteroatoms. The number of amides is 1. The summed E-state index contributed by atoms with van der Waals surface area (Å²) in [5.41, 5.74) is 8.50. The quantitative estimate of drug-likeness (QED) is 0.678. The van der Waals surface area contributed by atoms with Crippen LogP contribution >= 0.6 is 0 Å². The number of aromatic nitrogens is 2. The minimum atomic E-state index is -0.374. The van der Waals surface area contributed by atoms with Gasteiger partial charge in [-0.25, -0.2) is 4.98 Å². The van der Waals surface area contributed by atoms with Gasteiger partial charge in [0, 0.05) is 30.9 Å². The number of nitrogens with one attached hydrogen (secondary N) is 1. The van der Waals surface area contributed by atoms with Gasteiger partial charge in [0.2, 0.25) is 12.7 Å². The van der Waals surface area contributed by atoms with Crippen molar-refractivity contribution in [2.75, 3.05) is 30.1 Å². The lowest BCUT2D eigenvalue weighted by Gasteiger charge is -2.33. The summed E-state index contributed by atoms with van der Waals surface area (Å²) in [5, 5.41) is 2.89. The normalized spacial score (nSPS) is 17.8. The van der Waals surface area contributed by atoms with Crippen LogP contribution in [-0.4, -0.2) is 41.8 Å². The molecule has 0 spiro atoms. The highest BCUT2D eigenvalue weighted by Crippen LogP contribution is 2.35. The van der Waals surface area contributed by atoms with Crippen LogP contribution in [0.3, 0.4) is 0 Å². The van der Waals surface area contributed by atoms with Crippen molar-refractivity contribution in [3.05, 3.63) is 48.6 Å². The van der Waals surface area contributed by atoms with Gasteiger partial charge in [-0.15, -0.1) is 0 Å². The molecular weight excluding hydrogens is 386 g/mol. The van der Waals surface area contributed by atoms with E-state index >= 15 is 0 Å². The van der Waals surface area contributed by atoms with Crippen molar-refractivity contribution < 1.29 is 18.7 Å². The van der Waals surface area contributed by atoms with Gasteiger partial charge in [0.1, 0.15) is 6.26 Å². The van der Waals surface area contributed by atoms with Crippen LogP contribution in [0.15, 0.2) is 47.3 Å². The largest absolute Gasteiger partial charge is 0.454 e. The van der Waals surface area contributed by atoms with Gasteiger partial charge < -0.3 is 29.8 Å². The van der Waals surface area contributed by atoms with Crippen LogP contribution in [0.4, 0.5) is 11.4 Å². The SMILES string of the molecule is N[C@H]1CCCN(c2ccncc2NC(=O)c2coc(-c3ccc4c(c3)OCO4)n2)C1. The van der Waals surface area contributed by atoms with Gasteiger partial charge in [-0.05, 0) is 37.1 Å². The van der Waals surface area contributed by atoms with Crippen molar-refractivity contribution in [1.29, 1.82) is 0 Å². The van der Waals surface area contributed by atoms with E-state index in [0.29, 0.717) is 28.6 Å². The standard InChI is InChI=1S/C21H21N5O4/c22-14-2-1-7-26(10-14)17-5-6-23-9-15(17)24-20(27)16-11-28-21(25-16)13-3-4-18-19(8-13)30-12-29-18/h3-6,8-9,11,14H,1-2,7,10,12,22H2,(H,24,27)/t14-/m0/s1. The summed E-state index contributed by atoms with van der Waals surface area (Å²) < 4.78 is 16.2. The minimum absolute atomic E-state index is 0.121. The fourth-order valence-electron chi connectivity index (χ4n) is 3.71. The first kappa shape index (κ1) is 18.4. The molecule has 2 aromatic heterocycles. The van der Waals surface area contributed by atoms with Crippen LogP contribution < -0.4 is 25.4 Å². The van der Waals surface area contributed by atoms with Crippen molar-refractivity contribution in [2.24, 2.45) is 5.73 Å². The van der Waals surface area contributed by atoms with Crippen LogP contribution in [0, 0.1) is 0 Å². The summed E-state index contributed by atoms with van der Waals surface area (Å²) in [4.78, 5) is 23.4. The number of pyridine rings is 1. The summed E-state index contributed by atoms with van der Waals surface area (Å²) in [5.74, 6) is 1.24. The Kier molecular flexibility index (Phi) is 4.72. The Morgan fingerprint density at radius 3 is 3.03 bits per heavy atom. The van der Waals surface area contributed by atoms with E-state index in [4.69, 9.17) is 19.6 Å². The van der Waals surface area contributed by atoms with E-state index in [9.17, 15) is 4.79 Å². The number of anilines is 2. The van der Waals surface area contributed by atoms with Crippen LogP contribution in [-0.2, 0) is 0 Å². The molecule has 0 radical (unpaired) electrons. The van der Waals surface area contributed by atoms with E-state index in [1.165, 1.54) is 6.26 Å². The molecule has 2 aliphatic rings. The molecule has 2 aliphatic heterocycles. The lowest BCUT2D eigenvalue weighted by atomic mass is 10.1. The van der Waals surface area contributed by atoms with E-state index in [-0.39, 0.29) is 24.4 Å². The predicted molar refractivity (Wildman–Crippen MR) is 110 cm³/mol. The second-order valence-electron chi connectivity index (χ2n) is 7.30. The third kappa shape index (κ3) is 3.55. The number of carbonyl (C=O) groups excluding carboxylic acids is 1. The number of oxazole rings is 1. The van der Waals surface area contributed by atoms with E-state index in [0.717, 1.165) is 31.6 Å².